The van der Waals surface area contributed by atoms with Crippen LogP contribution in [0, 0.1) is 0 Å². The Labute approximate surface area is 71.6 Å². The lowest BCUT2D eigenvalue weighted by Crippen LogP contribution is -2.49. The predicted molar refractivity (Wildman–Crippen MR) is 43.7 cm³/mol. The van der Waals surface area contributed by atoms with E-state index in [1.807, 2.05) is 0 Å². The highest BCUT2D eigenvalue weighted by molar-refractivity contribution is 7.87. The van der Waals surface area contributed by atoms with Crippen LogP contribution in [0.2, 0.25) is 0 Å². The number of ether oxygens (including phenoxy) is 1. The predicted octanol–water partition coefficient (Wildman–Crippen LogP) is -2.23. The molecule has 0 bridgehead atoms. The van der Waals surface area contributed by atoms with Gasteiger partial charge in [-0.25, -0.2) is 4.72 Å². The van der Waals surface area contributed by atoms with Crippen LogP contribution in [0.3, 0.4) is 0 Å². The van der Waals surface area contributed by atoms with Crippen LogP contribution in [-0.2, 0) is 14.9 Å². The van der Waals surface area contributed by atoms with E-state index in [1.165, 1.54) is 7.05 Å². The van der Waals surface area contributed by atoms with Gasteiger partial charge in [-0.2, -0.15) is 13.1 Å². The van der Waals surface area contributed by atoms with Crippen molar-refractivity contribution in [3.63, 3.8) is 0 Å². The molecule has 2 atom stereocenters. The molecule has 1 fully saturated rings. The largest absolute Gasteiger partial charge is 0.378 e. The summed E-state index contributed by atoms with van der Waals surface area (Å²) in [6, 6.07) is -0.574. The van der Waals surface area contributed by atoms with E-state index >= 15 is 0 Å². The third-order valence-electron chi connectivity index (χ3n) is 1.70. The third-order valence-corrected chi connectivity index (χ3v) is 2.85. The minimum atomic E-state index is -3.40. The second kappa shape index (κ2) is 3.67. The van der Waals surface area contributed by atoms with E-state index in [2.05, 4.69) is 9.44 Å². The van der Waals surface area contributed by atoms with E-state index in [-0.39, 0.29) is 12.1 Å². The molecular formula is C5H13N3O3S. The molecule has 1 rings (SSSR count). The normalized spacial score (nSPS) is 30.8. The van der Waals surface area contributed by atoms with Crippen molar-refractivity contribution in [3.05, 3.63) is 0 Å². The van der Waals surface area contributed by atoms with Gasteiger partial charge in [0, 0.05) is 13.1 Å². The van der Waals surface area contributed by atoms with Gasteiger partial charge >= 0.3 is 0 Å². The lowest BCUT2D eigenvalue weighted by atomic mass is 10.2. The van der Waals surface area contributed by atoms with Crippen molar-refractivity contribution < 1.29 is 13.2 Å². The van der Waals surface area contributed by atoms with Crippen LogP contribution in [0.15, 0.2) is 0 Å². The highest BCUT2D eigenvalue weighted by Crippen LogP contribution is 2.03. The lowest BCUT2D eigenvalue weighted by molar-refractivity contribution is 0.190. The third kappa shape index (κ3) is 2.39. The SMILES string of the molecule is CNS(=O)(=O)NC1COCC1N. The van der Waals surface area contributed by atoms with Crippen molar-refractivity contribution in [1.82, 2.24) is 9.44 Å². The summed E-state index contributed by atoms with van der Waals surface area (Å²) in [5, 5.41) is 0. The summed E-state index contributed by atoms with van der Waals surface area (Å²) < 4.78 is 31.4. The summed E-state index contributed by atoms with van der Waals surface area (Å²) in [7, 11) is -2.06. The topological polar surface area (TPSA) is 93.5 Å². The summed E-state index contributed by atoms with van der Waals surface area (Å²) in [4.78, 5) is 0. The number of hydrogen-bond donors (Lipinski definition) is 3. The van der Waals surface area contributed by atoms with Gasteiger partial charge in [-0.15, -0.1) is 0 Å². The summed E-state index contributed by atoms with van der Waals surface area (Å²) in [6.07, 6.45) is 0. The van der Waals surface area contributed by atoms with E-state index < -0.39 is 10.2 Å². The number of rotatable bonds is 3. The van der Waals surface area contributed by atoms with Crippen molar-refractivity contribution in [2.45, 2.75) is 12.1 Å². The molecule has 4 N–H and O–H groups in total. The molecule has 1 saturated heterocycles. The minimum Gasteiger partial charge on any atom is -0.378 e. The van der Waals surface area contributed by atoms with Gasteiger partial charge in [0.25, 0.3) is 10.2 Å². The highest BCUT2D eigenvalue weighted by Gasteiger charge is 2.27. The maximum absolute atomic E-state index is 11.0. The number of nitrogens with two attached hydrogens (primary N) is 1. The minimum absolute atomic E-state index is 0.256. The summed E-state index contributed by atoms with van der Waals surface area (Å²) in [5.41, 5.74) is 5.56. The Morgan fingerprint density at radius 3 is 2.58 bits per heavy atom. The molecule has 0 saturated carbocycles. The first-order valence-electron chi connectivity index (χ1n) is 3.59. The van der Waals surface area contributed by atoms with Crippen LogP contribution in [0.1, 0.15) is 0 Å². The zero-order valence-corrected chi connectivity index (χ0v) is 7.60. The fourth-order valence-electron chi connectivity index (χ4n) is 0.950. The van der Waals surface area contributed by atoms with Crippen LogP contribution >= 0.6 is 0 Å². The smallest absolute Gasteiger partial charge is 0.277 e. The highest BCUT2D eigenvalue weighted by atomic mass is 32.2. The van der Waals surface area contributed by atoms with Gasteiger partial charge in [0.15, 0.2) is 0 Å². The van der Waals surface area contributed by atoms with E-state index in [0.717, 1.165) is 0 Å². The summed E-state index contributed by atoms with van der Waals surface area (Å²) in [5.74, 6) is 0. The molecule has 72 valence electrons. The van der Waals surface area contributed by atoms with Crippen LogP contribution in [0.25, 0.3) is 0 Å². The monoisotopic (exact) mass is 195 g/mol. The molecule has 0 aromatic heterocycles. The molecule has 12 heavy (non-hydrogen) atoms. The maximum Gasteiger partial charge on any atom is 0.277 e. The Hall–Kier alpha value is -0.210. The first-order valence-corrected chi connectivity index (χ1v) is 5.07. The van der Waals surface area contributed by atoms with Crippen LogP contribution in [0.4, 0.5) is 0 Å². The van der Waals surface area contributed by atoms with Gasteiger partial charge in [-0.05, 0) is 0 Å². The molecule has 0 radical (unpaired) electrons. The second-order valence-electron chi connectivity index (χ2n) is 2.63. The van der Waals surface area contributed by atoms with Gasteiger partial charge < -0.3 is 10.5 Å². The molecule has 0 spiro atoms. The molecule has 1 heterocycles. The molecule has 0 amide bonds. The van der Waals surface area contributed by atoms with E-state index in [4.69, 9.17) is 10.5 Å². The van der Waals surface area contributed by atoms with Gasteiger partial charge in [0.05, 0.1) is 19.3 Å². The Morgan fingerprint density at radius 2 is 2.17 bits per heavy atom. The second-order valence-corrected chi connectivity index (χ2v) is 4.28. The Kier molecular flexibility index (Phi) is 3.02. The Balaban J connectivity index is 2.51. The fraction of sp³-hybridized carbons (Fsp3) is 1.00. The molecule has 2 unspecified atom stereocenters. The van der Waals surface area contributed by atoms with Crippen LogP contribution in [-0.4, -0.2) is 40.8 Å². The molecule has 0 aromatic rings. The maximum atomic E-state index is 11.0. The molecule has 0 aromatic carbocycles. The average Bonchev–Trinajstić information content (AvgIpc) is 2.36. The van der Waals surface area contributed by atoms with Crippen molar-refractivity contribution in [1.29, 1.82) is 0 Å². The fourth-order valence-corrected chi connectivity index (χ4v) is 1.71. The molecule has 6 nitrogen and oxygen atoms in total. The van der Waals surface area contributed by atoms with Gasteiger partial charge in [-0.1, -0.05) is 0 Å². The number of hydrogen-bond acceptors (Lipinski definition) is 4. The Morgan fingerprint density at radius 1 is 1.50 bits per heavy atom. The Bertz CT molecular complexity index is 240. The lowest BCUT2D eigenvalue weighted by Gasteiger charge is -2.14. The summed E-state index contributed by atoms with van der Waals surface area (Å²) >= 11 is 0. The first kappa shape index (κ1) is 9.87. The summed E-state index contributed by atoms with van der Waals surface area (Å²) in [6.45, 7) is 0.735. The molecule has 7 heteroatoms. The van der Waals surface area contributed by atoms with Crippen molar-refractivity contribution in [3.8, 4) is 0 Å². The van der Waals surface area contributed by atoms with Gasteiger partial charge in [-0.3, -0.25) is 0 Å². The van der Waals surface area contributed by atoms with E-state index in [9.17, 15) is 8.42 Å². The van der Waals surface area contributed by atoms with Gasteiger partial charge in [0.1, 0.15) is 0 Å². The first-order chi connectivity index (χ1) is 5.55. The quantitative estimate of drug-likeness (QED) is 0.475. The van der Waals surface area contributed by atoms with E-state index in [0.29, 0.717) is 13.2 Å². The van der Waals surface area contributed by atoms with Crippen molar-refractivity contribution in [2.24, 2.45) is 5.73 Å². The average molecular weight is 195 g/mol. The zero-order valence-electron chi connectivity index (χ0n) is 6.78. The molecule has 0 aliphatic carbocycles. The molecular weight excluding hydrogens is 182 g/mol. The van der Waals surface area contributed by atoms with Gasteiger partial charge in [0.2, 0.25) is 0 Å². The van der Waals surface area contributed by atoms with Crippen molar-refractivity contribution in [2.75, 3.05) is 20.3 Å². The molecule has 1 aliphatic heterocycles. The zero-order chi connectivity index (χ0) is 9.19. The van der Waals surface area contributed by atoms with Crippen LogP contribution < -0.4 is 15.2 Å². The van der Waals surface area contributed by atoms with Crippen molar-refractivity contribution >= 4 is 10.2 Å². The standard InChI is InChI=1S/C5H13N3O3S/c1-7-12(9,10)8-5-3-11-2-4(5)6/h4-5,7-8H,2-3,6H2,1H3. The number of nitrogens with one attached hydrogen (secondary N) is 2. The molecule has 1 aliphatic rings. The van der Waals surface area contributed by atoms with E-state index in [1.54, 1.807) is 0 Å². The van der Waals surface area contributed by atoms with Crippen LogP contribution in [0.5, 0.6) is 0 Å².